The molecule has 0 saturated carbocycles. The molecule has 7 nitrogen and oxygen atoms in total. The highest BCUT2D eigenvalue weighted by atomic mass is 32.2. The van der Waals surface area contributed by atoms with E-state index in [1.165, 1.54) is 35.5 Å². The Labute approximate surface area is 165 Å². The Balaban J connectivity index is 2.15. The first kappa shape index (κ1) is 21.6. The number of hydrogen-bond acceptors (Lipinski definition) is 4. The van der Waals surface area contributed by atoms with E-state index in [-0.39, 0.29) is 16.7 Å². The predicted octanol–water partition coefficient (Wildman–Crippen LogP) is 3.24. The van der Waals surface area contributed by atoms with Gasteiger partial charge in [0, 0.05) is 37.0 Å². The normalized spacial score (nSPS) is 11.3. The number of amides is 2. The third kappa shape index (κ3) is 4.96. The van der Waals surface area contributed by atoms with Crippen molar-refractivity contribution >= 4 is 33.2 Å². The zero-order chi connectivity index (χ0) is 20.9. The van der Waals surface area contributed by atoms with Crippen LogP contribution in [0.2, 0.25) is 0 Å². The highest BCUT2D eigenvalue weighted by Crippen LogP contribution is 2.21. The Kier molecular flexibility index (Phi) is 6.93. The van der Waals surface area contributed by atoms with E-state index in [1.54, 1.807) is 32.0 Å². The summed E-state index contributed by atoms with van der Waals surface area (Å²) >= 11 is 0. The smallest absolute Gasteiger partial charge is 0.255 e. The fraction of sp³-hybridized carbons (Fsp3) is 0.300. The monoisotopic (exact) mass is 403 g/mol. The van der Waals surface area contributed by atoms with Gasteiger partial charge in [-0.3, -0.25) is 9.59 Å². The highest BCUT2D eigenvalue weighted by molar-refractivity contribution is 7.89. The molecule has 28 heavy (non-hydrogen) atoms. The first-order chi connectivity index (χ1) is 13.2. The van der Waals surface area contributed by atoms with E-state index in [9.17, 15) is 18.0 Å². The Bertz CT molecular complexity index is 965. The van der Waals surface area contributed by atoms with E-state index in [0.717, 1.165) is 5.56 Å². The standard InChI is InChI=1S/C20H25N3O4S/c1-5-23(6-2)28(26,27)18-10-7-16(8-11-18)20(25)22-17-9-12-19(14(3)13-17)21-15(4)24/h7-13H,5-6H2,1-4H3,(H,21,24)(H,22,25). The van der Waals surface area contributed by atoms with E-state index >= 15 is 0 Å². The van der Waals surface area contributed by atoms with Crippen LogP contribution in [0.4, 0.5) is 11.4 Å². The largest absolute Gasteiger partial charge is 0.326 e. The Morgan fingerprint density at radius 2 is 1.57 bits per heavy atom. The molecular weight excluding hydrogens is 378 g/mol. The molecule has 0 heterocycles. The molecule has 0 bridgehead atoms. The van der Waals surface area contributed by atoms with Crippen molar-refractivity contribution in [3.05, 3.63) is 53.6 Å². The van der Waals surface area contributed by atoms with Crippen molar-refractivity contribution in [2.45, 2.75) is 32.6 Å². The van der Waals surface area contributed by atoms with Crippen LogP contribution in [-0.2, 0) is 14.8 Å². The minimum atomic E-state index is -3.56. The van der Waals surface area contributed by atoms with Crippen LogP contribution in [0.15, 0.2) is 47.4 Å². The second kappa shape index (κ2) is 8.99. The van der Waals surface area contributed by atoms with E-state index in [4.69, 9.17) is 0 Å². The Hall–Kier alpha value is -2.71. The minimum absolute atomic E-state index is 0.156. The third-order valence-corrected chi connectivity index (χ3v) is 6.32. The summed E-state index contributed by atoms with van der Waals surface area (Å²) in [5.74, 6) is -0.516. The SMILES string of the molecule is CCN(CC)S(=O)(=O)c1ccc(C(=O)Nc2ccc(NC(C)=O)c(C)c2)cc1. The quantitative estimate of drug-likeness (QED) is 0.742. The summed E-state index contributed by atoms with van der Waals surface area (Å²) in [7, 11) is -3.56. The van der Waals surface area contributed by atoms with E-state index in [0.29, 0.717) is 30.0 Å². The van der Waals surface area contributed by atoms with Gasteiger partial charge in [0.05, 0.1) is 4.90 Å². The maximum atomic E-state index is 12.5. The molecule has 2 rings (SSSR count). The number of carbonyl (C=O) groups excluding carboxylic acids is 2. The molecule has 0 spiro atoms. The molecule has 0 saturated heterocycles. The number of benzene rings is 2. The molecule has 2 aromatic rings. The lowest BCUT2D eigenvalue weighted by molar-refractivity contribution is -0.114. The summed E-state index contributed by atoms with van der Waals surface area (Å²) in [5.41, 5.74) is 2.42. The summed E-state index contributed by atoms with van der Waals surface area (Å²) in [6.45, 7) is 7.58. The number of sulfonamides is 1. The summed E-state index contributed by atoms with van der Waals surface area (Å²) in [4.78, 5) is 23.8. The van der Waals surface area contributed by atoms with Gasteiger partial charge in [0.15, 0.2) is 0 Å². The van der Waals surface area contributed by atoms with Gasteiger partial charge in [-0.15, -0.1) is 0 Å². The van der Waals surface area contributed by atoms with Crippen LogP contribution in [0, 0.1) is 6.92 Å². The summed E-state index contributed by atoms with van der Waals surface area (Å²) in [6.07, 6.45) is 0. The van der Waals surface area contributed by atoms with Crippen molar-refractivity contribution in [1.82, 2.24) is 4.31 Å². The molecule has 2 amide bonds. The fourth-order valence-electron chi connectivity index (χ4n) is 2.77. The Morgan fingerprint density at radius 3 is 2.07 bits per heavy atom. The lowest BCUT2D eigenvalue weighted by atomic mass is 10.1. The third-order valence-electron chi connectivity index (χ3n) is 4.25. The molecule has 0 radical (unpaired) electrons. The predicted molar refractivity (Wildman–Crippen MR) is 110 cm³/mol. The number of rotatable bonds is 7. The maximum Gasteiger partial charge on any atom is 0.255 e. The number of carbonyl (C=O) groups is 2. The number of aryl methyl sites for hydroxylation is 1. The number of nitrogens with one attached hydrogen (secondary N) is 2. The summed E-state index contributed by atoms with van der Waals surface area (Å²) < 4.78 is 26.4. The van der Waals surface area contributed by atoms with Gasteiger partial charge in [0.1, 0.15) is 0 Å². The van der Waals surface area contributed by atoms with Gasteiger partial charge in [-0.05, 0) is 55.0 Å². The molecule has 0 aliphatic rings. The molecule has 8 heteroatoms. The van der Waals surface area contributed by atoms with Crippen LogP contribution in [0.3, 0.4) is 0 Å². The second-order valence-corrected chi connectivity index (χ2v) is 8.22. The molecular formula is C20H25N3O4S. The first-order valence-electron chi connectivity index (χ1n) is 8.98. The molecule has 0 unspecified atom stereocenters. The van der Waals surface area contributed by atoms with Gasteiger partial charge in [0.25, 0.3) is 5.91 Å². The van der Waals surface area contributed by atoms with Crippen molar-refractivity contribution in [2.24, 2.45) is 0 Å². The van der Waals surface area contributed by atoms with Crippen LogP contribution in [-0.4, -0.2) is 37.6 Å². The van der Waals surface area contributed by atoms with E-state index < -0.39 is 10.0 Å². The number of nitrogens with zero attached hydrogens (tertiary/aromatic N) is 1. The molecule has 0 atom stereocenters. The van der Waals surface area contributed by atoms with Crippen LogP contribution in [0.1, 0.15) is 36.7 Å². The molecule has 0 aromatic heterocycles. The van der Waals surface area contributed by atoms with Crippen molar-refractivity contribution in [1.29, 1.82) is 0 Å². The molecule has 2 N–H and O–H groups in total. The van der Waals surface area contributed by atoms with Crippen LogP contribution in [0.5, 0.6) is 0 Å². The van der Waals surface area contributed by atoms with Crippen LogP contribution >= 0.6 is 0 Å². The average molecular weight is 404 g/mol. The van der Waals surface area contributed by atoms with E-state index in [1.807, 2.05) is 6.92 Å². The average Bonchev–Trinajstić information content (AvgIpc) is 2.64. The zero-order valence-corrected chi connectivity index (χ0v) is 17.3. The number of anilines is 2. The van der Waals surface area contributed by atoms with Gasteiger partial charge in [-0.25, -0.2) is 8.42 Å². The van der Waals surface area contributed by atoms with Gasteiger partial charge >= 0.3 is 0 Å². The lowest BCUT2D eigenvalue weighted by Gasteiger charge is -2.18. The second-order valence-electron chi connectivity index (χ2n) is 6.28. The van der Waals surface area contributed by atoms with Crippen molar-refractivity contribution in [3.8, 4) is 0 Å². The fourth-order valence-corrected chi connectivity index (χ4v) is 4.22. The molecule has 0 fully saturated rings. The summed E-state index contributed by atoms with van der Waals surface area (Å²) in [5, 5.41) is 5.48. The van der Waals surface area contributed by atoms with Crippen molar-refractivity contribution < 1.29 is 18.0 Å². The van der Waals surface area contributed by atoms with Gasteiger partial charge < -0.3 is 10.6 Å². The van der Waals surface area contributed by atoms with Crippen molar-refractivity contribution in [3.63, 3.8) is 0 Å². The van der Waals surface area contributed by atoms with Crippen LogP contribution in [0.25, 0.3) is 0 Å². The molecule has 2 aromatic carbocycles. The minimum Gasteiger partial charge on any atom is -0.326 e. The zero-order valence-electron chi connectivity index (χ0n) is 16.4. The highest BCUT2D eigenvalue weighted by Gasteiger charge is 2.21. The topological polar surface area (TPSA) is 95.6 Å². The van der Waals surface area contributed by atoms with Gasteiger partial charge in [0.2, 0.25) is 15.9 Å². The van der Waals surface area contributed by atoms with Gasteiger partial charge in [-0.1, -0.05) is 13.8 Å². The first-order valence-corrected chi connectivity index (χ1v) is 10.4. The van der Waals surface area contributed by atoms with Crippen molar-refractivity contribution in [2.75, 3.05) is 23.7 Å². The Morgan fingerprint density at radius 1 is 0.964 bits per heavy atom. The molecule has 150 valence electrons. The number of hydrogen-bond donors (Lipinski definition) is 2. The summed E-state index contributed by atoms with van der Waals surface area (Å²) in [6, 6.07) is 11.0. The van der Waals surface area contributed by atoms with E-state index in [2.05, 4.69) is 10.6 Å². The molecule has 0 aliphatic carbocycles. The van der Waals surface area contributed by atoms with Gasteiger partial charge in [-0.2, -0.15) is 4.31 Å². The molecule has 0 aliphatic heterocycles. The maximum absolute atomic E-state index is 12.5. The van der Waals surface area contributed by atoms with Crippen LogP contribution < -0.4 is 10.6 Å². The lowest BCUT2D eigenvalue weighted by Crippen LogP contribution is -2.30.